The molecule has 2 aromatic heterocycles. The Hall–Kier alpha value is -8.32. The number of thiophene rings is 2. The minimum absolute atomic E-state index is 0. The average molecular weight is 1400 g/mol. The van der Waals surface area contributed by atoms with Gasteiger partial charge in [0.2, 0.25) is 10.0 Å². The number of carbonyl (C=O) groups is 4. The van der Waals surface area contributed by atoms with Gasteiger partial charge in [0.25, 0.3) is 12.9 Å². The molecular weight excluding hydrogens is 1300 g/mol. The third-order valence-electron chi connectivity index (χ3n) is 14.4. The van der Waals surface area contributed by atoms with Crippen LogP contribution in [0.2, 0.25) is 0 Å². The zero-order valence-electron chi connectivity index (χ0n) is 56.8. The van der Waals surface area contributed by atoms with Gasteiger partial charge in [-0.15, -0.1) is 43.1 Å². The molecule has 2 unspecified atom stereocenters. The summed E-state index contributed by atoms with van der Waals surface area (Å²) in [4.78, 5) is 57.9. The molecule has 0 fully saturated rings. The van der Waals surface area contributed by atoms with Gasteiger partial charge in [-0.25, -0.2) is 9.69 Å². The number of benzene rings is 2. The molecule has 0 saturated heterocycles. The number of anilines is 2. The highest BCUT2D eigenvalue weighted by Gasteiger charge is 2.20. The standard InChI is InChI=1S/C46H63N5O10S.C24H31N5O5S.CH4/c1-6-8-10-12-14-16-18-39(60-34-52)31-43(54)58-28-26-56-24-22-51(23-25-57-27-29-59-44(55)32-40(61-35-53)19-17-15-13-11-9-7-2)38-20-21-42(36(3)30-38)49-50-46-41(33-47)37(4)45(48-5)62-46;1-18-16-20(29(6-10-32-12-8-30)7-11-33-14-15-34-13-9-31)4-5-22(18)27-28-24-21(17-25)19(2)23(26-3)35-24;/h14-17,20-21,30,34-35,39-40H,6-13,18-19,22-29,31-32H2,1-4H3;4-5,16,30-31H,6-15H2,1-2H3;1H4/b16-14+,17-15+,50-49?;;. The number of aryl methyl sites for hydroxylation is 2. The van der Waals surface area contributed by atoms with Crippen molar-refractivity contribution in [2.24, 2.45) is 20.5 Å². The van der Waals surface area contributed by atoms with Gasteiger partial charge in [0.1, 0.15) is 47.6 Å². The lowest BCUT2D eigenvalue weighted by Crippen LogP contribution is -2.31. The van der Waals surface area contributed by atoms with Crippen LogP contribution >= 0.6 is 22.7 Å². The van der Waals surface area contributed by atoms with Crippen molar-refractivity contribution in [3.8, 4) is 12.1 Å². The molecule has 2 atom stereocenters. The number of allylic oxidation sites excluding steroid dienone is 2. The van der Waals surface area contributed by atoms with Gasteiger partial charge in [-0.3, -0.25) is 19.2 Å². The van der Waals surface area contributed by atoms with Gasteiger partial charge in [-0.05, 0) is 112 Å². The van der Waals surface area contributed by atoms with Crippen LogP contribution in [0, 0.1) is 63.5 Å². The lowest BCUT2D eigenvalue weighted by Gasteiger charge is -2.25. The van der Waals surface area contributed by atoms with Crippen LogP contribution in [0.25, 0.3) is 9.69 Å². The normalized spacial score (nSPS) is 11.7. The van der Waals surface area contributed by atoms with E-state index in [2.05, 4.69) is 65.9 Å². The lowest BCUT2D eigenvalue weighted by atomic mass is 10.1. The Bertz CT molecular complexity index is 3210. The van der Waals surface area contributed by atoms with E-state index >= 15 is 0 Å². The van der Waals surface area contributed by atoms with Crippen LogP contribution in [-0.4, -0.2) is 166 Å². The number of hydrogen-bond acceptors (Lipinski definition) is 25. The third-order valence-corrected chi connectivity index (χ3v) is 16.6. The van der Waals surface area contributed by atoms with Crippen LogP contribution in [-0.2, 0) is 61.8 Å². The molecule has 2 aromatic carbocycles. The summed E-state index contributed by atoms with van der Waals surface area (Å²) < 4.78 is 48.7. The second-order valence-electron chi connectivity index (χ2n) is 21.7. The number of aliphatic hydroxyl groups excluding tert-OH is 2. The summed E-state index contributed by atoms with van der Waals surface area (Å²) >= 11 is 2.29. The van der Waals surface area contributed by atoms with Crippen molar-refractivity contribution in [3.63, 3.8) is 0 Å². The highest BCUT2D eigenvalue weighted by molar-refractivity contribution is 7.20. The molecule has 25 nitrogen and oxygen atoms in total. The fraction of sp³-hybridized carbons (Fsp3) is 0.549. The zero-order valence-corrected chi connectivity index (χ0v) is 58.4. The van der Waals surface area contributed by atoms with Crippen LogP contribution in [0.1, 0.15) is 132 Å². The van der Waals surface area contributed by atoms with Gasteiger partial charge in [0, 0.05) is 50.4 Å². The first-order valence-electron chi connectivity index (χ1n) is 32.5. The molecular formula is C71H98N10O15S2. The fourth-order valence-corrected chi connectivity index (χ4v) is 10.8. The summed E-state index contributed by atoms with van der Waals surface area (Å²) in [7, 11) is 0. The molecule has 2 heterocycles. The van der Waals surface area contributed by atoms with E-state index in [-0.39, 0.29) is 66.5 Å². The number of esters is 2. The van der Waals surface area contributed by atoms with Gasteiger partial charge < -0.3 is 62.6 Å². The first-order valence-corrected chi connectivity index (χ1v) is 34.2. The molecule has 0 aliphatic heterocycles. The average Bonchev–Trinajstić information content (AvgIpc) is 1.66. The Kier molecular flexibility index (Phi) is 47.0. The zero-order chi connectivity index (χ0) is 70.7. The predicted molar refractivity (Wildman–Crippen MR) is 379 cm³/mol. The van der Waals surface area contributed by atoms with Crippen molar-refractivity contribution in [3.05, 3.63) is 117 Å². The van der Waals surface area contributed by atoms with E-state index in [0.29, 0.717) is 152 Å². The second-order valence-corrected chi connectivity index (χ2v) is 23.6. The van der Waals surface area contributed by atoms with Crippen LogP contribution in [0.3, 0.4) is 0 Å². The van der Waals surface area contributed by atoms with Crippen molar-refractivity contribution >= 4 is 90.3 Å². The summed E-state index contributed by atoms with van der Waals surface area (Å²) in [6.45, 7) is 32.4. The van der Waals surface area contributed by atoms with Gasteiger partial charge in [0.15, 0.2) is 0 Å². The highest BCUT2D eigenvalue weighted by Crippen LogP contribution is 2.43. The smallest absolute Gasteiger partial charge is 0.309 e. The molecule has 0 bridgehead atoms. The number of ether oxygens (including phenoxy) is 9. The van der Waals surface area contributed by atoms with Crippen LogP contribution < -0.4 is 9.80 Å². The maximum Gasteiger partial charge on any atom is 0.309 e. The maximum absolute atomic E-state index is 12.4. The minimum Gasteiger partial charge on any atom is -0.464 e. The number of unbranched alkanes of at least 4 members (excludes halogenated alkanes) is 6. The fourth-order valence-electron chi connectivity index (χ4n) is 9.09. The molecule has 4 aromatic rings. The van der Waals surface area contributed by atoms with Crippen LogP contribution in [0.5, 0.6) is 0 Å². The predicted octanol–water partition coefficient (Wildman–Crippen LogP) is 14.7. The van der Waals surface area contributed by atoms with Gasteiger partial charge in [-0.1, -0.05) is 71.3 Å². The minimum atomic E-state index is -0.595. The number of hydrogen-bond donors (Lipinski definition) is 2. The quantitative estimate of drug-likeness (QED) is 0.00789. The number of aliphatic hydroxyl groups is 2. The number of carbonyl (C=O) groups excluding carboxylic acids is 4. The topological polar surface area (TPSA) is 304 Å². The number of rotatable bonds is 51. The van der Waals surface area contributed by atoms with E-state index < -0.39 is 24.1 Å². The third kappa shape index (κ3) is 34.3. The van der Waals surface area contributed by atoms with E-state index in [0.717, 1.165) is 96.5 Å². The first-order chi connectivity index (χ1) is 47.2. The van der Waals surface area contributed by atoms with Crippen molar-refractivity contribution in [1.29, 1.82) is 10.5 Å². The summed E-state index contributed by atoms with van der Waals surface area (Å²) in [6, 6.07) is 15.7. The van der Waals surface area contributed by atoms with Gasteiger partial charge in [-0.2, -0.15) is 10.5 Å². The Balaban J connectivity index is 0.000000766. The molecule has 98 heavy (non-hydrogen) atoms. The van der Waals surface area contributed by atoms with Crippen molar-refractivity contribution < 1.29 is 72.0 Å². The summed E-state index contributed by atoms with van der Waals surface area (Å²) in [5, 5.41) is 55.6. The van der Waals surface area contributed by atoms with E-state index in [1.165, 1.54) is 0 Å². The van der Waals surface area contributed by atoms with Crippen LogP contribution in [0.4, 0.5) is 42.8 Å². The molecule has 0 radical (unpaired) electrons. The Morgan fingerprint density at radius 3 is 1.26 bits per heavy atom. The number of azo groups is 2. The molecule has 0 saturated carbocycles. The Morgan fingerprint density at radius 2 is 0.918 bits per heavy atom. The summed E-state index contributed by atoms with van der Waals surface area (Å²) in [5.74, 6) is -0.970. The van der Waals surface area contributed by atoms with Crippen molar-refractivity contribution in [2.75, 3.05) is 128 Å². The van der Waals surface area contributed by atoms with E-state index in [9.17, 15) is 29.7 Å². The Morgan fingerprint density at radius 1 is 0.551 bits per heavy atom. The van der Waals surface area contributed by atoms with Crippen LogP contribution in [0.15, 0.2) is 81.2 Å². The maximum atomic E-state index is 12.4. The lowest BCUT2D eigenvalue weighted by molar-refractivity contribution is -0.151. The molecule has 0 spiro atoms. The molecule has 0 aliphatic carbocycles. The van der Waals surface area contributed by atoms with E-state index in [1.54, 1.807) is 13.8 Å². The van der Waals surface area contributed by atoms with Gasteiger partial charge in [0.05, 0.1) is 128 Å². The van der Waals surface area contributed by atoms with E-state index in [4.69, 9.17) is 66.0 Å². The molecule has 2 N–H and O–H groups in total. The summed E-state index contributed by atoms with van der Waals surface area (Å²) in [6.07, 6.45) is 16.1. The SMILES string of the molecule is C.[C-]#[N+]c1sc(N=Nc2ccc(N(CCOCCO)CCOCCOCCO)cc2C)c(C#N)c1C.[C-]#[N+]c1sc(N=Nc2ccc(N(CCOCCOC(=O)CC(C/C=C/CCCCC)OC=O)CCOCCOC(=O)CC(C/C=C/CCCCC)OC=O)cc2C)c(C#N)c1C. The molecule has 534 valence electrons. The number of nitriles is 2. The van der Waals surface area contributed by atoms with Gasteiger partial charge >= 0.3 is 11.9 Å². The molecule has 4 rings (SSSR count). The van der Waals surface area contributed by atoms with Crippen molar-refractivity contribution in [1.82, 2.24) is 0 Å². The molecule has 0 aliphatic rings. The Labute approximate surface area is 586 Å². The van der Waals surface area contributed by atoms with E-state index in [1.807, 2.05) is 74.5 Å². The number of nitrogens with zero attached hydrogens (tertiary/aromatic N) is 10. The summed E-state index contributed by atoms with van der Waals surface area (Å²) in [5.41, 5.74) is 6.76. The largest absolute Gasteiger partial charge is 0.464 e. The second kappa shape index (κ2) is 53.7. The monoisotopic (exact) mass is 1390 g/mol. The molecule has 0 amide bonds. The first kappa shape index (κ1) is 85.8. The highest BCUT2D eigenvalue weighted by atomic mass is 32.1. The van der Waals surface area contributed by atoms with Crippen molar-refractivity contribution in [2.45, 2.75) is 138 Å². The molecule has 27 heteroatoms.